The summed E-state index contributed by atoms with van der Waals surface area (Å²) in [5, 5.41) is 6.50. The van der Waals surface area contributed by atoms with Gasteiger partial charge in [0, 0.05) is 37.7 Å². The van der Waals surface area contributed by atoms with Gasteiger partial charge >= 0.3 is 0 Å². The summed E-state index contributed by atoms with van der Waals surface area (Å²) in [4.78, 5) is 17.9. The summed E-state index contributed by atoms with van der Waals surface area (Å²) in [7, 11) is 5.25. The van der Waals surface area contributed by atoms with E-state index in [1.165, 1.54) is 0 Å². The van der Waals surface area contributed by atoms with Crippen molar-refractivity contribution in [1.29, 1.82) is 0 Å². The highest BCUT2D eigenvalue weighted by atomic mass is 79.9. The lowest BCUT2D eigenvalue weighted by molar-refractivity contribution is 0.0827. The zero-order valence-corrected chi connectivity index (χ0v) is 18.1. The first-order valence-corrected chi connectivity index (χ1v) is 9.92. The number of nitrogens with zero attached hydrogens (tertiary/aromatic N) is 2. The molecule has 0 bridgehead atoms. The van der Waals surface area contributed by atoms with Gasteiger partial charge in [0.05, 0.1) is 6.54 Å². The van der Waals surface area contributed by atoms with Crippen molar-refractivity contribution < 1.29 is 9.53 Å². The molecule has 2 rings (SSSR count). The van der Waals surface area contributed by atoms with E-state index < -0.39 is 0 Å². The molecule has 0 saturated heterocycles. The zero-order valence-electron chi connectivity index (χ0n) is 16.5. The first kappa shape index (κ1) is 21.8. The van der Waals surface area contributed by atoms with Crippen molar-refractivity contribution in [3.05, 3.63) is 64.1 Å². The molecule has 2 aromatic rings. The molecule has 0 aliphatic rings. The summed E-state index contributed by atoms with van der Waals surface area (Å²) in [6.45, 7) is 1.90. The number of amides is 1. The van der Waals surface area contributed by atoms with Crippen LogP contribution in [-0.2, 0) is 6.42 Å². The highest BCUT2D eigenvalue weighted by Crippen LogP contribution is 2.15. The molecule has 2 N–H and O–H groups in total. The molecular weight excluding hydrogens is 420 g/mol. The van der Waals surface area contributed by atoms with E-state index in [-0.39, 0.29) is 5.91 Å². The number of rotatable bonds is 8. The number of halogens is 1. The van der Waals surface area contributed by atoms with E-state index in [0.29, 0.717) is 25.3 Å². The summed E-state index contributed by atoms with van der Waals surface area (Å²) in [6, 6.07) is 15.5. The number of hydrogen-bond donors (Lipinski definition) is 2. The highest BCUT2D eigenvalue weighted by Gasteiger charge is 2.08. The average Bonchev–Trinajstić information content (AvgIpc) is 2.70. The predicted octanol–water partition coefficient (Wildman–Crippen LogP) is 2.94. The molecule has 0 aromatic heterocycles. The highest BCUT2D eigenvalue weighted by molar-refractivity contribution is 9.10. The van der Waals surface area contributed by atoms with Gasteiger partial charge in [-0.15, -0.1) is 0 Å². The largest absolute Gasteiger partial charge is 0.492 e. The number of guanidine groups is 1. The minimum Gasteiger partial charge on any atom is -0.492 e. The van der Waals surface area contributed by atoms with Crippen LogP contribution in [0.1, 0.15) is 15.9 Å². The van der Waals surface area contributed by atoms with Crippen LogP contribution in [0.25, 0.3) is 0 Å². The summed E-state index contributed by atoms with van der Waals surface area (Å²) < 4.78 is 6.71. The minimum absolute atomic E-state index is 0.0121. The smallest absolute Gasteiger partial charge is 0.253 e. The first-order valence-electron chi connectivity index (χ1n) is 9.13. The fraction of sp³-hybridized carbons (Fsp3) is 0.333. The van der Waals surface area contributed by atoms with Crippen molar-refractivity contribution in [2.45, 2.75) is 6.42 Å². The van der Waals surface area contributed by atoms with E-state index >= 15 is 0 Å². The SMILES string of the molecule is CN=C(NCCOc1ccc(Br)cc1)NCCc1cccc(C(=O)N(C)C)c1. The number of benzene rings is 2. The van der Waals surface area contributed by atoms with Crippen LogP contribution in [0.5, 0.6) is 5.75 Å². The molecule has 2 aromatic carbocycles. The monoisotopic (exact) mass is 446 g/mol. The van der Waals surface area contributed by atoms with E-state index in [2.05, 4.69) is 31.6 Å². The molecule has 1 amide bonds. The van der Waals surface area contributed by atoms with Crippen LogP contribution in [0, 0.1) is 0 Å². The first-order chi connectivity index (χ1) is 13.5. The van der Waals surface area contributed by atoms with Crippen LogP contribution in [0.15, 0.2) is 58.0 Å². The van der Waals surface area contributed by atoms with Gasteiger partial charge in [-0.05, 0) is 48.4 Å². The lowest BCUT2D eigenvalue weighted by Crippen LogP contribution is -2.40. The predicted molar refractivity (Wildman–Crippen MR) is 117 cm³/mol. The lowest BCUT2D eigenvalue weighted by atomic mass is 10.1. The quantitative estimate of drug-likeness (QED) is 0.371. The topological polar surface area (TPSA) is 66.0 Å². The molecule has 0 heterocycles. The van der Waals surface area contributed by atoms with Crippen LogP contribution in [0.2, 0.25) is 0 Å². The number of carbonyl (C=O) groups is 1. The molecular formula is C21H27BrN4O2. The number of hydrogen-bond acceptors (Lipinski definition) is 3. The Morgan fingerprint density at radius 1 is 1.11 bits per heavy atom. The fourth-order valence-electron chi connectivity index (χ4n) is 2.53. The van der Waals surface area contributed by atoms with Crippen molar-refractivity contribution in [2.24, 2.45) is 4.99 Å². The third-order valence-electron chi connectivity index (χ3n) is 3.99. The molecule has 0 aliphatic heterocycles. The van der Waals surface area contributed by atoms with E-state index in [1.807, 2.05) is 48.5 Å². The number of ether oxygens (including phenoxy) is 1. The maximum atomic E-state index is 12.1. The third-order valence-corrected chi connectivity index (χ3v) is 4.52. The Hall–Kier alpha value is -2.54. The standard InChI is InChI=1S/C21H27BrN4O2/c1-23-21(25-13-14-28-19-9-7-18(22)8-10-19)24-12-11-16-5-4-6-17(15-16)20(27)26(2)3/h4-10,15H,11-14H2,1-3H3,(H2,23,24,25). The van der Waals surface area contributed by atoms with Gasteiger partial charge in [-0.2, -0.15) is 0 Å². The van der Waals surface area contributed by atoms with Crippen LogP contribution in [0.4, 0.5) is 0 Å². The molecule has 0 atom stereocenters. The number of nitrogens with one attached hydrogen (secondary N) is 2. The number of carbonyl (C=O) groups excluding carboxylic acids is 1. The van der Waals surface area contributed by atoms with Crippen molar-refractivity contribution >= 4 is 27.8 Å². The van der Waals surface area contributed by atoms with Gasteiger partial charge in [-0.25, -0.2) is 0 Å². The molecule has 150 valence electrons. The van der Waals surface area contributed by atoms with E-state index in [0.717, 1.165) is 28.2 Å². The maximum Gasteiger partial charge on any atom is 0.253 e. The summed E-state index contributed by atoms with van der Waals surface area (Å²) in [5.74, 6) is 1.57. The second kappa shape index (κ2) is 11.3. The average molecular weight is 447 g/mol. The maximum absolute atomic E-state index is 12.1. The van der Waals surface area contributed by atoms with E-state index in [9.17, 15) is 4.79 Å². The van der Waals surface area contributed by atoms with Gasteiger partial charge in [-0.1, -0.05) is 28.1 Å². The molecule has 0 aliphatic carbocycles. The van der Waals surface area contributed by atoms with Gasteiger partial charge in [0.25, 0.3) is 5.91 Å². The Morgan fingerprint density at radius 2 is 1.82 bits per heavy atom. The Balaban J connectivity index is 1.71. The van der Waals surface area contributed by atoms with Gasteiger partial charge in [-0.3, -0.25) is 9.79 Å². The Labute approximate surface area is 175 Å². The summed E-state index contributed by atoms with van der Waals surface area (Å²) in [6.07, 6.45) is 0.796. The molecule has 0 saturated carbocycles. The van der Waals surface area contributed by atoms with Gasteiger partial charge < -0.3 is 20.3 Å². The van der Waals surface area contributed by atoms with Gasteiger partial charge in [0.15, 0.2) is 5.96 Å². The molecule has 0 spiro atoms. The van der Waals surface area contributed by atoms with Crippen molar-refractivity contribution in [2.75, 3.05) is 40.8 Å². The Kier molecular flexibility index (Phi) is 8.81. The lowest BCUT2D eigenvalue weighted by Gasteiger charge is -2.13. The van der Waals surface area contributed by atoms with Crippen LogP contribution in [-0.4, -0.2) is 57.6 Å². The van der Waals surface area contributed by atoms with Crippen molar-refractivity contribution in [1.82, 2.24) is 15.5 Å². The molecule has 7 heteroatoms. The normalized spacial score (nSPS) is 11.1. The molecule has 0 fully saturated rings. The molecule has 28 heavy (non-hydrogen) atoms. The van der Waals surface area contributed by atoms with Crippen molar-refractivity contribution in [3.8, 4) is 5.75 Å². The van der Waals surface area contributed by atoms with Gasteiger partial charge in [0.1, 0.15) is 12.4 Å². The minimum atomic E-state index is 0.0121. The summed E-state index contributed by atoms with van der Waals surface area (Å²) >= 11 is 3.40. The Morgan fingerprint density at radius 3 is 2.50 bits per heavy atom. The molecule has 6 nitrogen and oxygen atoms in total. The van der Waals surface area contributed by atoms with Gasteiger partial charge in [0.2, 0.25) is 0 Å². The van der Waals surface area contributed by atoms with E-state index in [1.54, 1.807) is 26.0 Å². The van der Waals surface area contributed by atoms with Crippen LogP contribution in [0.3, 0.4) is 0 Å². The van der Waals surface area contributed by atoms with Crippen LogP contribution < -0.4 is 15.4 Å². The third kappa shape index (κ3) is 7.23. The molecule has 0 radical (unpaired) electrons. The zero-order chi connectivity index (χ0) is 20.4. The second-order valence-corrected chi connectivity index (χ2v) is 7.29. The number of aliphatic imine (C=N–C) groups is 1. The van der Waals surface area contributed by atoms with Crippen molar-refractivity contribution in [3.63, 3.8) is 0 Å². The molecule has 0 unspecified atom stereocenters. The summed E-state index contributed by atoms with van der Waals surface area (Å²) in [5.41, 5.74) is 1.81. The van der Waals surface area contributed by atoms with Crippen LogP contribution >= 0.6 is 15.9 Å². The second-order valence-electron chi connectivity index (χ2n) is 6.38. The van der Waals surface area contributed by atoms with E-state index in [4.69, 9.17) is 4.74 Å². The fourth-order valence-corrected chi connectivity index (χ4v) is 2.80. The Bertz CT molecular complexity index is 791.